The maximum Gasteiger partial charge on any atom is 0.242 e. The lowest BCUT2D eigenvalue weighted by atomic mass is 10.2. The maximum absolute atomic E-state index is 12.3. The number of halogens is 2. The van der Waals surface area contributed by atoms with E-state index in [1.165, 1.54) is 18.5 Å². The van der Waals surface area contributed by atoms with E-state index < -0.39 is 10.0 Å². The second-order valence-corrected chi connectivity index (χ2v) is 6.81. The molecule has 2 rings (SSSR count). The summed E-state index contributed by atoms with van der Waals surface area (Å²) in [5, 5.41) is 7.82. The van der Waals surface area contributed by atoms with E-state index in [0.717, 1.165) is 0 Å². The van der Waals surface area contributed by atoms with E-state index in [-0.39, 0.29) is 23.0 Å². The normalized spacial score (nSPS) is 11.8. The number of benzene rings is 1. The molecule has 10 heteroatoms. The lowest BCUT2D eigenvalue weighted by Crippen LogP contribution is -2.25. The van der Waals surface area contributed by atoms with Crippen LogP contribution in [0, 0.1) is 0 Å². The number of nitrogens with one attached hydrogen (secondary N) is 1. The summed E-state index contributed by atoms with van der Waals surface area (Å²) in [7, 11) is -2.10. The van der Waals surface area contributed by atoms with Crippen LogP contribution in [0.25, 0.3) is 0 Å². The SMILES string of the molecule is Cn1cnnc1CNS(=O)(=O)c1cc(CN)c(Cl)cc1Cl. The zero-order chi connectivity index (χ0) is 15.6. The van der Waals surface area contributed by atoms with Gasteiger partial charge in [-0.3, -0.25) is 0 Å². The van der Waals surface area contributed by atoms with E-state index in [9.17, 15) is 8.42 Å². The number of hydrogen-bond donors (Lipinski definition) is 2. The molecule has 0 fully saturated rings. The third-order valence-electron chi connectivity index (χ3n) is 2.84. The first kappa shape index (κ1) is 16.2. The van der Waals surface area contributed by atoms with Crippen LogP contribution in [-0.2, 0) is 30.2 Å². The molecule has 3 N–H and O–H groups in total. The molecule has 1 aromatic heterocycles. The number of hydrogen-bond acceptors (Lipinski definition) is 5. The molecular weight excluding hydrogens is 337 g/mol. The average Bonchev–Trinajstić information content (AvgIpc) is 2.82. The van der Waals surface area contributed by atoms with Crippen molar-refractivity contribution in [2.45, 2.75) is 18.0 Å². The molecule has 1 aromatic carbocycles. The third-order valence-corrected chi connectivity index (χ3v) is 5.05. The van der Waals surface area contributed by atoms with Crippen molar-refractivity contribution < 1.29 is 8.42 Å². The second-order valence-electron chi connectivity index (χ2n) is 4.26. The minimum atomic E-state index is -3.81. The van der Waals surface area contributed by atoms with Gasteiger partial charge in [-0.2, -0.15) is 0 Å². The fourth-order valence-electron chi connectivity index (χ4n) is 1.64. The predicted molar refractivity (Wildman–Crippen MR) is 79.4 cm³/mol. The summed E-state index contributed by atoms with van der Waals surface area (Å²) < 4.78 is 28.6. The Kier molecular flexibility index (Phi) is 4.84. The molecule has 0 spiro atoms. The Labute approximate surface area is 132 Å². The molecule has 7 nitrogen and oxygen atoms in total. The summed E-state index contributed by atoms with van der Waals surface area (Å²) in [5.74, 6) is 0.475. The Bertz CT molecular complexity index is 760. The lowest BCUT2D eigenvalue weighted by Gasteiger charge is -2.10. The van der Waals surface area contributed by atoms with Crippen LogP contribution in [0.5, 0.6) is 0 Å². The van der Waals surface area contributed by atoms with Gasteiger partial charge >= 0.3 is 0 Å². The van der Waals surface area contributed by atoms with E-state index in [1.807, 2.05) is 0 Å². The summed E-state index contributed by atoms with van der Waals surface area (Å²) in [4.78, 5) is -0.0730. The molecule has 0 radical (unpaired) electrons. The van der Waals surface area contributed by atoms with Crippen molar-refractivity contribution in [3.63, 3.8) is 0 Å². The first-order valence-electron chi connectivity index (χ1n) is 5.85. The maximum atomic E-state index is 12.3. The number of nitrogens with zero attached hydrogens (tertiary/aromatic N) is 3. The van der Waals surface area contributed by atoms with Gasteiger partial charge in [-0.15, -0.1) is 10.2 Å². The minimum Gasteiger partial charge on any atom is -0.326 e. The molecule has 0 saturated carbocycles. The monoisotopic (exact) mass is 349 g/mol. The van der Waals surface area contributed by atoms with Gasteiger partial charge in [0.05, 0.1) is 11.6 Å². The van der Waals surface area contributed by atoms with Crippen LogP contribution in [0.1, 0.15) is 11.4 Å². The summed E-state index contributed by atoms with van der Waals surface area (Å²) in [5.41, 5.74) is 6.02. The molecule has 0 bridgehead atoms. The second kappa shape index (κ2) is 6.29. The van der Waals surface area contributed by atoms with Crippen molar-refractivity contribution in [1.29, 1.82) is 0 Å². The highest BCUT2D eigenvalue weighted by molar-refractivity contribution is 7.89. The van der Waals surface area contributed by atoms with Crippen LogP contribution >= 0.6 is 23.2 Å². The fourth-order valence-corrected chi connectivity index (χ4v) is 3.49. The summed E-state index contributed by atoms with van der Waals surface area (Å²) in [6.07, 6.45) is 1.48. The van der Waals surface area contributed by atoms with Crippen LogP contribution < -0.4 is 10.5 Å². The largest absolute Gasteiger partial charge is 0.326 e. The number of aryl methyl sites for hydroxylation is 1. The smallest absolute Gasteiger partial charge is 0.242 e. The Hall–Kier alpha value is -1.19. The van der Waals surface area contributed by atoms with Crippen LogP contribution in [-0.4, -0.2) is 23.2 Å². The van der Waals surface area contributed by atoms with Gasteiger partial charge < -0.3 is 10.3 Å². The van der Waals surface area contributed by atoms with Gasteiger partial charge in [0.25, 0.3) is 0 Å². The zero-order valence-electron chi connectivity index (χ0n) is 11.0. The number of rotatable bonds is 5. The van der Waals surface area contributed by atoms with E-state index in [2.05, 4.69) is 14.9 Å². The van der Waals surface area contributed by atoms with Gasteiger partial charge in [0.2, 0.25) is 10.0 Å². The van der Waals surface area contributed by atoms with Gasteiger partial charge in [0, 0.05) is 18.6 Å². The van der Waals surface area contributed by atoms with Crippen molar-refractivity contribution in [1.82, 2.24) is 19.5 Å². The van der Waals surface area contributed by atoms with E-state index in [0.29, 0.717) is 16.4 Å². The first-order chi connectivity index (χ1) is 9.85. The fraction of sp³-hybridized carbons (Fsp3) is 0.273. The summed E-state index contributed by atoms with van der Waals surface area (Å²) >= 11 is 11.9. The van der Waals surface area contributed by atoms with Crippen molar-refractivity contribution >= 4 is 33.2 Å². The highest BCUT2D eigenvalue weighted by atomic mass is 35.5. The quantitative estimate of drug-likeness (QED) is 0.839. The Morgan fingerprint density at radius 3 is 2.62 bits per heavy atom. The lowest BCUT2D eigenvalue weighted by molar-refractivity contribution is 0.577. The van der Waals surface area contributed by atoms with Crippen molar-refractivity contribution in [3.05, 3.63) is 39.9 Å². The van der Waals surface area contributed by atoms with Gasteiger partial charge in [-0.1, -0.05) is 23.2 Å². The van der Waals surface area contributed by atoms with Crippen molar-refractivity contribution in [3.8, 4) is 0 Å². The molecule has 114 valence electrons. The molecule has 0 saturated heterocycles. The molecule has 2 aromatic rings. The molecule has 0 aliphatic heterocycles. The molecule has 21 heavy (non-hydrogen) atoms. The van der Waals surface area contributed by atoms with Gasteiger partial charge in [-0.25, -0.2) is 13.1 Å². The highest BCUT2D eigenvalue weighted by Crippen LogP contribution is 2.28. The Morgan fingerprint density at radius 2 is 2.05 bits per heavy atom. The summed E-state index contributed by atoms with van der Waals surface area (Å²) in [6, 6.07) is 2.73. The zero-order valence-corrected chi connectivity index (χ0v) is 13.4. The van der Waals surface area contributed by atoms with Gasteiger partial charge in [0.15, 0.2) is 0 Å². The van der Waals surface area contributed by atoms with E-state index in [1.54, 1.807) is 11.6 Å². The Morgan fingerprint density at radius 1 is 1.33 bits per heavy atom. The molecule has 0 amide bonds. The van der Waals surface area contributed by atoms with E-state index >= 15 is 0 Å². The van der Waals surface area contributed by atoms with Crippen molar-refractivity contribution in [2.24, 2.45) is 12.8 Å². The number of nitrogens with two attached hydrogens (primary N) is 1. The van der Waals surface area contributed by atoms with Crippen LogP contribution in [0.3, 0.4) is 0 Å². The van der Waals surface area contributed by atoms with Crippen LogP contribution in [0.15, 0.2) is 23.4 Å². The number of sulfonamides is 1. The van der Waals surface area contributed by atoms with Crippen LogP contribution in [0.4, 0.5) is 0 Å². The van der Waals surface area contributed by atoms with E-state index in [4.69, 9.17) is 28.9 Å². The van der Waals surface area contributed by atoms with Gasteiger partial charge in [-0.05, 0) is 17.7 Å². The Balaban J connectivity index is 2.29. The topological polar surface area (TPSA) is 103 Å². The predicted octanol–water partition coefficient (Wildman–Crippen LogP) is 1.06. The minimum absolute atomic E-state index is 0.00422. The molecule has 0 atom stereocenters. The van der Waals surface area contributed by atoms with Crippen molar-refractivity contribution in [2.75, 3.05) is 0 Å². The highest BCUT2D eigenvalue weighted by Gasteiger charge is 2.20. The summed E-state index contributed by atoms with van der Waals surface area (Å²) in [6.45, 7) is 0.109. The van der Waals surface area contributed by atoms with Crippen LogP contribution in [0.2, 0.25) is 10.0 Å². The average molecular weight is 350 g/mol. The standard InChI is InChI=1S/C11H13Cl2N5O2S/c1-18-6-15-17-11(18)5-16-21(19,20)10-2-7(4-14)8(12)3-9(10)13/h2-3,6,16H,4-5,14H2,1H3. The molecular formula is C11H13Cl2N5O2S. The molecule has 1 heterocycles. The third kappa shape index (κ3) is 3.53. The first-order valence-corrected chi connectivity index (χ1v) is 8.09. The number of aromatic nitrogens is 3. The molecule has 0 aliphatic rings. The molecule has 0 unspecified atom stereocenters. The van der Waals surface area contributed by atoms with Gasteiger partial charge in [0.1, 0.15) is 17.0 Å². The molecule has 0 aliphatic carbocycles.